The monoisotopic (exact) mass is 573 g/mol. The lowest BCUT2D eigenvalue weighted by Gasteiger charge is -2.13. The van der Waals surface area contributed by atoms with E-state index in [1.807, 2.05) is 29.0 Å². The van der Waals surface area contributed by atoms with Gasteiger partial charge in [-0.25, -0.2) is 4.90 Å². The van der Waals surface area contributed by atoms with E-state index >= 15 is 0 Å². The first-order chi connectivity index (χ1) is 16.9. The molecule has 1 atom stereocenters. The fraction of sp³-hybridized carbons (Fsp3) is 0.240. The van der Waals surface area contributed by atoms with Crippen LogP contribution in [0, 0.1) is 0 Å². The molecule has 3 heterocycles. The summed E-state index contributed by atoms with van der Waals surface area (Å²) in [6.45, 7) is 1.36. The largest absolute Gasteiger partial charge is 0.376 e. The average molecular weight is 575 g/mol. The van der Waals surface area contributed by atoms with Gasteiger partial charge in [-0.05, 0) is 61.0 Å². The van der Waals surface area contributed by atoms with E-state index in [9.17, 15) is 14.4 Å². The number of carbonyl (C=O) groups excluding carboxylic acids is 3. The first-order valence-corrected chi connectivity index (χ1v) is 13.1. The Hall–Kier alpha value is -2.59. The lowest BCUT2D eigenvalue weighted by molar-refractivity contribution is -0.122. The zero-order valence-electron chi connectivity index (χ0n) is 18.5. The molecule has 35 heavy (non-hydrogen) atoms. The number of nitrogens with zero attached hydrogens (tertiary/aromatic N) is 2. The number of para-hydroxylation sites is 1. The van der Waals surface area contributed by atoms with Crippen LogP contribution in [0.25, 0.3) is 17.0 Å². The first-order valence-electron chi connectivity index (χ1n) is 11.1. The highest BCUT2D eigenvalue weighted by molar-refractivity contribution is 9.10. The van der Waals surface area contributed by atoms with Gasteiger partial charge in [-0.3, -0.25) is 14.4 Å². The number of carbonyl (C=O) groups is 3. The Bertz CT molecular complexity index is 1370. The predicted octanol–water partition coefficient (Wildman–Crippen LogP) is 5.59. The summed E-state index contributed by atoms with van der Waals surface area (Å²) >= 11 is 10.6. The topological polar surface area (TPSA) is 80.6 Å². The van der Waals surface area contributed by atoms with Gasteiger partial charge in [0, 0.05) is 40.3 Å². The van der Waals surface area contributed by atoms with E-state index in [1.165, 1.54) is 0 Å². The molecule has 5 rings (SSSR count). The molecule has 1 aromatic heterocycles. The van der Waals surface area contributed by atoms with E-state index in [4.69, 9.17) is 16.3 Å². The number of aromatic nitrogens is 1. The van der Waals surface area contributed by atoms with Crippen molar-refractivity contribution in [2.75, 3.05) is 18.1 Å². The molecule has 0 unspecified atom stereocenters. The molecule has 0 bridgehead atoms. The van der Waals surface area contributed by atoms with Crippen molar-refractivity contribution in [2.24, 2.45) is 0 Å². The highest BCUT2D eigenvalue weighted by Gasteiger charge is 2.37. The van der Waals surface area contributed by atoms with Crippen LogP contribution in [0.15, 0.2) is 58.0 Å². The van der Waals surface area contributed by atoms with Crippen LogP contribution in [0.1, 0.15) is 18.4 Å². The van der Waals surface area contributed by atoms with Gasteiger partial charge in [-0.1, -0.05) is 39.7 Å². The third-order valence-corrected chi connectivity index (χ3v) is 7.59. The lowest BCUT2D eigenvalue weighted by atomic mass is 10.1. The van der Waals surface area contributed by atoms with Gasteiger partial charge >= 0.3 is 0 Å². The maximum atomic E-state index is 13.1. The van der Waals surface area contributed by atoms with Crippen molar-refractivity contribution in [2.45, 2.75) is 25.5 Å². The van der Waals surface area contributed by atoms with Gasteiger partial charge in [-0.15, -0.1) is 0 Å². The highest BCUT2D eigenvalue weighted by atomic mass is 79.9. The van der Waals surface area contributed by atoms with Crippen molar-refractivity contribution >= 4 is 79.0 Å². The molecule has 2 aliphatic rings. The van der Waals surface area contributed by atoms with Gasteiger partial charge in [0.25, 0.3) is 11.1 Å². The Labute approximate surface area is 219 Å². The second-order valence-electron chi connectivity index (χ2n) is 8.28. The third-order valence-electron chi connectivity index (χ3n) is 5.91. The maximum absolute atomic E-state index is 13.1. The van der Waals surface area contributed by atoms with E-state index in [0.29, 0.717) is 17.3 Å². The van der Waals surface area contributed by atoms with Gasteiger partial charge in [0.2, 0.25) is 5.91 Å². The summed E-state index contributed by atoms with van der Waals surface area (Å²) in [7, 11) is 0. The summed E-state index contributed by atoms with van der Waals surface area (Å²) in [5, 5.41) is 3.71. The number of nitrogens with one attached hydrogen (secondary N) is 1. The molecule has 2 aliphatic heterocycles. The molecule has 3 aromatic rings. The molecule has 2 saturated heterocycles. The molecule has 0 aliphatic carbocycles. The van der Waals surface area contributed by atoms with Crippen molar-refractivity contribution in [3.05, 3.63) is 68.6 Å². The molecular formula is C25H21BrClN3O4S. The van der Waals surface area contributed by atoms with Gasteiger partial charge in [0.05, 0.1) is 21.7 Å². The van der Waals surface area contributed by atoms with Crippen LogP contribution in [-0.2, 0) is 20.9 Å². The van der Waals surface area contributed by atoms with Crippen LogP contribution in [0.3, 0.4) is 0 Å². The lowest BCUT2D eigenvalue weighted by Crippen LogP contribution is -2.34. The molecule has 7 nitrogen and oxygen atoms in total. The number of rotatable bonds is 6. The number of benzene rings is 2. The Kier molecular flexibility index (Phi) is 7.02. The normalized spacial score (nSPS) is 19.3. The van der Waals surface area contributed by atoms with Gasteiger partial charge in [0.1, 0.15) is 6.54 Å². The number of fused-ring (bicyclic) bond motifs is 1. The van der Waals surface area contributed by atoms with E-state index in [1.54, 1.807) is 30.3 Å². The van der Waals surface area contributed by atoms with Gasteiger partial charge in [0.15, 0.2) is 0 Å². The molecule has 3 amide bonds. The zero-order chi connectivity index (χ0) is 24.5. The minimum absolute atomic E-state index is 0.0700. The second kappa shape index (κ2) is 10.2. The molecule has 180 valence electrons. The van der Waals surface area contributed by atoms with Crippen LogP contribution in [0.5, 0.6) is 0 Å². The molecule has 0 saturated carbocycles. The first kappa shape index (κ1) is 24.1. The molecule has 1 N–H and O–H groups in total. The molecule has 10 heteroatoms. The summed E-state index contributed by atoms with van der Waals surface area (Å²) < 4.78 is 8.28. The molecule has 0 radical (unpaired) electrons. The molecule has 0 spiro atoms. The van der Waals surface area contributed by atoms with E-state index in [2.05, 4.69) is 21.2 Å². The SMILES string of the molecule is O=C(Cn1cc(/C=C2\SC(=O)N(c3ccccc3Cl)C2=O)c2cc(Br)ccc21)NC[C@H]1CCCO1. The van der Waals surface area contributed by atoms with E-state index in [-0.39, 0.29) is 23.5 Å². The smallest absolute Gasteiger partial charge is 0.298 e. The maximum Gasteiger partial charge on any atom is 0.298 e. The summed E-state index contributed by atoms with van der Waals surface area (Å²) in [4.78, 5) is 39.8. The van der Waals surface area contributed by atoms with Gasteiger partial charge < -0.3 is 14.6 Å². The minimum Gasteiger partial charge on any atom is -0.376 e. The zero-order valence-corrected chi connectivity index (χ0v) is 21.7. The number of anilines is 1. The molecule has 2 aromatic carbocycles. The highest BCUT2D eigenvalue weighted by Crippen LogP contribution is 2.39. The van der Waals surface area contributed by atoms with Crippen LogP contribution in [0.2, 0.25) is 5.02 Å². The van der Waals surface area contributed by atoms with Crippen LogP contribution in [-0.4, -0.2) is 40.9 Å². The minimum atomic E-state index is -0.432. The fourth-order valence-corrected chi connectivity index (χ4v) is 5.64. The number of hydrogen-bond donors (Lipinski definition) is 1. The Morgan fingerprint density at radius 3 is 2.86 bits per heavy atom. The number of hydrogen-bond acceptors (Lipinski definition) is 5. The quantitative estimate of drug-likeness (QED) is 0.388. The Balaban J connectivity index is 1.42. The summed E-state index contributed by atoms with van der Waals surface area (Å²) in [6.07, 6.45) is 5.56. The number of amides is 3. The van der Waals surface area contributed by atoms with Crippen molar-refractivity contribution in [1.29, 1.82) is 0 Å². The summed E-state index contributed by atoms with van der Waals surface area (Å²) in [5.41, 5.74) is 1.93. The Morgan fingerprint density at radius 1 is 1.26 bits per heavy atom. The fourth-order valence-electron chi connectivity index (χ4n) is 4.24. The van der Waals surface area contributed by atoms with Crippen LogP contribution >= 0.6 is 39.3 Å². The van der Waals surface area contributed by atoms with Gasteiger partial charge in [-0.2, -0.15) is 0 Å². The number of halogens is 2. The third kappa shape index (κ3) is 5.04. The van der Waals surface area contributed by atoms with Crippen LogP contribution < -0.4 is 10.2 Å². The number of thioether (sulfide) groups is 1. The Morgan fingerprint density at radius 2 is 2.09 bits per heavy atom. The summed E-state index contributed by atoms with van der Waals surface area (Å²) in [5.74, 6) is -0.552. The van der Waals surface area contributed by atoms with E-state index in [0.717, 1.165) is 57.0 Å². The predicted molar refractivity (Wildman–Crippen MR) is 142 cm³/mol. The molecular weight excluding hydrogens is 554 g/mol. The van der Waals surface area contributed by atoms with E-state index < -0.39 is 11.1 Å². The number of ether oxygens (including phenoxy) is 1. The molecule has 2 fully saturated rings. The standard InChI is InChI=1S/C25H21BrClN3O4S/c26-16-7-8-20-18(11-16)15(13-29(20)14-23(31)28-12-17-4-3-9-34-17)10-22-24(32)30(25(33)35-22)21-6-2-1-5-19(21)27/h1-2,5-8,10-11,13,17H,3-4,9,12,14H2,(H,28,31)/b22-10-/t17-/m1/s1. The van der Waals surface area contributed by atoms with Crippen molar-refractivity contribution in [1.82, 2.24) is 9.88 Å². The van der Waals surface area contributed by atoms with Crippen LogP contribution in [0.4, 0.5) is 10.5 Å². The average Bonchev–Trinajstić information content (AvgIpc) is 3.53. The van der Waals surface area contributed by atoms with Crippen molar-refractivity contribution in [3.8, 4) is 0 Å². The number of imide groups is 1. The second-order valence-corrected chi connectivity index (χ2v) is 10.6. The summed E-state index contributed by atoms with van der Waals surface area (Å²) in [6, 6.07) is 12.5. The van der Waals surface area contributed by atoms with Crippen molar-refractivity contribution in [3.63, 3.8) is 0 Å². The van der Waals surface area contributed by atoms with Crippen molar-refractivity contribution < 1.29 is 19.1 Å².